The number of carbonyl (C=O) groups excluding carboxylic acids is 1. The van der Waals surface area contributed by atoms with Gasteiger partial charge < -0.3 is 10.0 Å². The lowest BCUT2D eigenvalue weighted by atomic mass is 9.98. The van der Waals surface area contributed by atoms with Gasteiger partial charge in [-0.15, -0.1) is 11.3 Å². The summed E-state index contributed by atoms with van der Waals surface area (Å²) in [5, 5.41) is 9.73. The minimum atomic E-state index is -0.477. The molecule has 2 rings (SSSR count). The molecule has 0 aromatic carbocycles. The first-order valence-corrected chi connectivity index (χ1v) is 7.03. The molecule has 3 nitrogen and oxygen atoms in total. The number of carbonyl (C=O) groups is 1. The van der Waals surface area contributed by atoms with Crippen LogP contribution < -0.4 is 0 Å². The van der Waals surface area contributed by atoms with Crippen LogP contribution in [-0.2, 0) is 0 Å². The molecule has 0 bridgehead atoms. The van der Waals surface area contributed by atoms with Crippen LogP contribution in [0.4, 0.5) is 0 Å². The molecule has 0 saturated carbocycles. The Morgan fingerprint density at radius 2 is 2.35 bits per heavy atom. The Morgan fingerprint density at radius 1 is 1.59 bits per heavy atom. The zero-order valence-corrected chi connectivity index (χ0v) is 11.3. The number of nitrogens with zero attached hydrogens (tertiary/aromatic N) is 1. The number of amides is 1. The second-order valence-corrected chi connectivity index (χ2v) is 6.12. The van der Waals surface area contributed by atoms with Crippen LogP contribution in [0.3, 0.4) is 0 Å². The van der Waals surface area contributed by atoms with Gasteiger partial charge in [-0.25, -0.2) is 0 Å². The molecule has 2 heterocycles. The monoisotopic (exact) mass is 273 g/mol. The topological polar surface area (TPSA) is 40.5 Å². The number of aliphatic hydroxyl groups excluding tert-OH is 1. The smallest absolute Gasteiger partial charge is 0.264 e. The van der Waals surface area contributed by atoms with Crippen molar-refractivity contribution in [1.82, 2.24) is 4.90 Å². The fourth-order valence-electron chi connectivity index (χ4n) is 2.28. The highest BCUT2D eigenvalue weighted by Crippen LogP contribution is 2.27. The van der Waals surface area contributed by atoms with E-state index in [2.05, 4.69) is 0 Å². The maximum absolute atomic E-state index is 12.3. The number of aliphatic hydroxyl groups is 1. The van der Waals surface area contributed by atoms with E-state index in [0.29, 0.717) is 9.21 Å². The van der Waals surface area contributed by atoms with E-state index in [4.69, 9.17) is 11.6 Å². The maximum atomic E-state index is 12.3. The Hall–Kier alpha value is -0.580. The normalized spacial score (nSPS) is 22.5. The predicted octanol–water partition coefficient (Wildman–Crippen LogP) is 2.78. The molecule has 17 heavy (non-hydrogen) atoms. The van der Waals surface area contributed by atoms with Crippen molar-refractivity contribution in [3.05, 3.63) is 21.3 Å². The van der Waals surface area contributed by atoms with E-state index in [9.17, 15) is 9.90 Å². The average molecular weight is 274 g/mol. The van der Waals surface area contributed by atoms with Gasteiger partial charge in [0, 0.05) is 6.54 Å². The van der Waals surface area contributed by atoms with E-state index in [-0.39, 0.29) is 11.9 Å². The van der Waals surface area contributed by atoms with E-state index >= 15 is 0 Å². The Balaban J connectivity index is 2.16. The van der Waals surface area contributed by atoms with Gasteiger partial charge in [0.15, 0.2) is 0 Å². The molecule has 2 unspecified atom stereocenters. The Bertz CT molecular complexity index is 405. The van der Waals surface area contributed by atoms with Gasteiger partial charge in [0.05, 0.1) is 21.4 Å². The maximum Gasteiger partial charge on any atom is 0.264 e. The van der Waals surface area contributed by atoms with Crippen LogP contribution in [0.1, 0.15) is 35.9 Å². The van der Waals surface area contributed by atoms with Crippen molar-refractivity contribution >= 4 is 28.8 Å². The molecule has 0 spiro atoms. The molecule has 1 aromatic rings. The fraction of sp³-hybridized carbons (Fsp3) is 0.583. The van der Waals surface area contributed by atoms with E-state index in [1.807, 2.05) is 0 Å². The molecule has 1 saturated heterocycles. The highest BCUT2D eigenvalue weighted by atomic mass is 35.5. The van der Waals surface area contributed by atoms with Crippen molar-refractivity contribution in [3.8, 4) is 0 Å². The summed E-state index contributed by atoms with van der Waals surface area (Å²) in [5.41, 5.74) is 0. The van der Waals surface area contributed by atoms with Crippen molar-refractivity contribution in [2.45, 2.75) is 38.3 Å². The van der Waals surface area contributed by atoms with Gasteiger partial charge in [-0.3, -0.25) is 4.79 Å². The van der Waals surface area contributed by atoms with Gasteiger partial charge in [0.1, 0.15) is 0 Å². The van der Waals surface area contributed by atoms with Crippen LogP contribution in [0.15, 0.2) is 12.1 Å². The first kappa shape index (κ1) is 12.9. The van der Waals surface area contributed by atoms with Crippen molar-refractivity contribution in [1.29, 1.82) is 0 Å². The van der Waals surface area contributed by atoms with Crippen molar-refractivity contribution in [2.24, 2.45) is 0 Å². The van der Waals surface area contributed by atoms with E-state index in [1.54, 1.807) is 24.0 Å². The predicted molar refractivity (Wildman–Crippen MR) is 69.7 cm³/mol. The fourth-order valence-corrected chi connectivity index (χ4v) is 3.28. The SMILES string of the molecule is CC(O)C1CCCCN1C(=O)c1ccc(Cl)s1. The third-order valence-electron chi connectivity index (χ3n) is 3.15. The molecule has 1 aromatic heterocycles. The summed E-state index contributed by atoms with van der Waals surface area (Å²) >= 11 is 7.14. The van der Waals surface area contributed by atoms with Gasteiger partial charge in [-0.2, -0.15) is 0 Å². The molecular weight excluding hydrogens is 258 g/mol. The molecular formula is C12H16ClNO2S. The van der Waals surface area contributed by atoms with E-state index < -0.39 is 6.10 Å². The summed E-state index contributed by atoms with van der Waals surface area (Å²) in [6, 6.07) is 3.43. The van der Waals surface area contributed by atoms with Gasteiger partial charge in [0.2, 0.25) is 0 Å². The lowest BCUT2D eigenvalue weighted by molar-refractivity contribution is 0.0284. The Kier molecular flexibility index (Phi) is 4.07. The number of rotatable bonds is 2. The van der Waals surface area contributed by atoms with Crippen molar-refractivity contribution in [2.75, 3.05) is 6.54 Å². The molecule has 94 valence electrons. The number of halogens is 1. The van der Waals surface area contributed by atoms with E-state index in [1.165, 1.54) is 11.3 Å². The first-order chi connectivity index (χ1) is 8.09. The molecule has 1 N–H and O–H groups in total. The summed E-state index contributed by atoms with van der Waals surface area (Å²) in [7, 11) is 0. The third kappa shape index (κ3) is 2.81. The summed E-state index contributed by atoms with van der Waals surface area (Å²) in [5.74, 6) is -0.00694. The summed E-state index contributed by atoms with van der Waals surface area (Å²) in [6.07, 6.45) is 2.48. The molecule has 1 aliphatic heterocycles. The standard InChI is InChI=1S/C12H16ClNO2S/c1-8(15)9-4-2-3-7-14(9)12(16)10-5-6-11(13)17-10/h5-6,8-9,15H,2-4,7H2,1H3. The largest absolute Gasteiger partial charge is 0.391 e. The van der Waals surface area contributed by atoms with Crippen molar-refractivity contribution in [3.63, 3.8) is 0 Å². The highest BCUT2D eigenvalue weighted by molar-refractivity contribution is 7.17. The second kappa shape index (κ2) is 5.38. The second-order valence-electron chi connectivity index (χ2n) is 4.41. The summed E-state index contributed by atoms with van der Waals surface area (Å²) < 4.78 is 0.624. The van der Waals surface area contributed by atoms with Gasteiger partial charge >= 0.3 is 0 Å². The minimum Gasteiger partial charge on any atom is -0.391 e. The van der Waals surface area contributed by atoms with Gasteiger partial charge in [-0.1, -0.05) is 11.6 Å². The quantitative estimate of drug-likeness (QED) is 0.900. The zero-order valence-electron chi connectivity index (χ0n) is 9.73. The summed E-state index contributed by atoms with van der Waals surface area (Å²) in [4.78, 5) is 14.7. The molecule has 5 heteroatoms. The molecule has 0 aliphatic carbocycles. The van der Waals surface area contributed by atoms with Gasteiger partial charge in [0.25, 0.3) is 5.91 Å². The number of thiophene rings is 1. The Labute approximate surface area is 110 Å². The summed E-state index contributed by atoms with van der Waals surface area (Å²) in [6.45, 7) is 2.47. The van der Waals surface area contributed by atoms with Crippen molar-refractivity contribution < 1.29 is 9.90 Å². The number of hydrogen-bond donors (Lipinski definition) is 1. The van der Waals surface area contributed by atoms with E-state index in [0.717, 1.165) is 25.8 Å². The molecule has 1 amide bonds. The Morgan fingerprint density at radius 3 is 2.94 bits per heavy atom. The average Bonchev–Trinajstić information content (AvgIpc) is 2.75. The number of piperidine rings is 1. The van der Waals surface area contributed by atoms with Crippen LogP contribution >= 0.6 is 22.9 Å². The molecule has 1 fully saturated rings. The third-order valence-corrected chi connectivity index (χ3v) is 4.37. The first-order valence-electron chi connectivity index (χ1n) is 5.84. The van der Waals surface area contributed by atoms with Crippen LogP contribution in [0.2, 0.25) is 4.34 Å². The minimum absolute atomic E-state index is 0.00694. The van der Waals surface area contributed by atoms with Crippen LogP contribution in [0.5, 0.6) is 0 Å². The van der Waals surface area contributed by atoms with Gasteiger partial charge in [-0.05, 0) is 38.3 Å². The number of hydrogen-bond acceptors (Lipinski definition) is 3. The molecule has 1 aliphatic rings. The lowest BCUT2D eigenvalue weighted by Gasteiger charge is -2.37. The van der Waals surface area contributed by atoms with Crippen LogP contribution in [0, 0.1) is 0 Å². The van der Waals surface area contributed by atoms with Crippen LogP contribution in [0.25, 0.3) is 0 Å². The molecule has 2 atom stereocenters. The lowest BCUT2D eigenvalue weighted by Crippen LogP contribution is -2.48. The number of likely N-dealkylation sites (tertiary alicyclic amines) is 1. The highest BCUT2D eigenvalue weighted by Gasteiger charge is 2.30. The zero-order chi connectivity index (χ0) is 12.4. The molecule has 0 radical (unpaired) electrons. The van der Waals surface area contributed by atoms with Crippen LogP contribution in [-0.4, -0.2) is 34.6 Å².